The highest BCUT2D eigenvalue weighted by Crippen LogP contribution is 2.40. The van der Waals surface area contributed by atoms with Gasteiger partial charge in [-0.2, -0.15) is 0 Å². The summed E-state index contributed by atoms with van der Waals surface area (Å²) in [4.78, 5) is 5.08. The second-order valence-corrected chi connectivity index (χ2v) is 7.12. The maximum atomic E-state index is 6.39. The molecule has 0 aromatic carbocycles. The van der Waals surface area contributed by atoms with Crippen LogP contribution in [0.5, 0.6) is 0 Å². The second-order valence-electron chi connectivity index (χ2n) is 7.12. The number of rotatable bonds is 5. The van der Waals surface area contributed by atoms with Gasteiger partial charge in [-0.3, -0.25) is 0 Å². The van der Waals surface area contributed by atoms with Gasteiger partial charge in [0.05, 0.1) is 0 Å². The third-order valence-corrected chi connectivity index (χ3v) is 5.11. The molecular weight excluding hydrogens is 222 g/mol. The van der Waals surface area contributed by atoms with Crippen molar-refractivity contribution in [2.24, 2.45) is 17.1 Å². The van der Waals surface area contributed by atoms with Crippen molar-refractivity contribution in [3.8, 4) is 0 Å². The Morgan fingerprint density at radius 1 is 1.28 bits per heavy atom. The summed E-state index contributed by atoms with van der Waals surface area (Å²) in [6.07, 6.45) is 5.39. The van der Waals surface area contributed by atoms with Gasteiger partial charge in [-0.1, -0.05) is 13.8 Å². The number of nitrogens with two attached hydrogens (primary N) is 1. The lowest BCUT2D eigenvalue weighted by atomic mass is 9.85. The molecule has 2 N–H and O–H groups in total. The Hall–Kier alpha value is -0.120. The van der Waals surface area contributed by atoms with E-state index in [1.165, 1.54) is 58.4 Å². The van der Waals surface area contributed by atoms with Gasteiger partial charge in [0.2, 0.25) is 0 Å². The van der Waals surface area contributed by atoms with Crippen LogP contribution in [-0.2, 0) is 0 Å². The lowest BCUT2D eigenvalue weighted by molar-refractivity contribution is 0.210. The normalized spacial score (nSPS) is 32.5. The summed E-state index contributed by atoms with van der Waals surface area (Å²) in [6.45, 7) is 10.9. The van der Waals surface area contributed by atoms with Crippen molar-refractivity contribution in [3.05, 3.63) is 0 Å². The molecule has 1 aliphatic heterocycles. The molecule has 0 radical (unpaired) electrons. The van der Waals surface area contributed by atoms with E-state index in [1.807, 2.05) is 0 Å². The molecule has 0 bridgehead atoms. The lowest BCUT2D eigenvalue weighted by Gasteiger charge is -2.30. The molecule has 0 aromatic heterocycles. The van der Waals surface area contributed by atoms with Gasteiger partial charge >= 0.3 is 0 Å². The molecule has 18 heavy (non-hydrogen) atoms. The van der Waals surface area contributed by atoms with E-state index in [0.717, 1.165) is 0 Å². The Labute approximate surface area is 113 Å². The summed E-state index contributed by atoms with van der Waals surface area (Å²) in [5.41, 5.74) is 6.73. The molecule has 3 nitrogen and oxygen atoms in total. The van der Waals surface area contributed by atoms with E-state index in [2.05, 4.69) is 30.7 Å². The zero-order valence-electron chi connectivity index (χ0n) is 12.5. The molecule has 1 heterocycles. The van der Waals surface area contributed by atoms with Crippen LogP contribution in [0, 0.1) is 11.3 Å². The van der Waals surface area contributed by atoms with E-state index in [1.54, 1.807) is 0 Å². The fraction of sp³-hybridized carbons (Fsp3) is 1.00. The average molecular weight is 253 g/mol. The third kappa shape index (κ3) is 3.46. The minimum absolute atomic E-state index is 0.348. The fourth-order valence-corrected chi connectivity index (χ4v) is 3.56. The van der Waals surface area contributed by atoms with E-state index in [4.69, 9.17) is 5.73 Å². The molecule has 2 unspecified atom stereocenters. The molecule has 0 aromatic rings. The highest BCUT2D eigenvalue weighted by Gasteiger charge is 2.39. The predicted molar refractivity (Wildman–Crippen MR) is 77.7 cm³/mol. The van der Waals surface area contributed by atoms with Crippen LogP contribution in [0.3, 0.4) is 0 Å². The number of hydrogen-bond acceptors (Lipinski definition) is 3. The van der Waals surface area contributed by atoms with Gasteiger partial charge in [0.1, 0.15) is 0 Å². The maximum absolute atomic E-state index is 6.39. The van der Waals surface area contributed by atoms with Gasteiger partial charge < -0.3 is 15.5 Å². The number of likely N-dealkylation sites (tertiary alicyclic amines) is 1. The van der Waals surface area contributed by atoms with Gasteiger partial charge in [0.25, 0.3) is 0 Å². The zero-order chi connectivity index (χ0) is 13.2. The largest absolute Gasteiger partial charge is 0.327 e. The fourth-order valence-electron chi connectivity index (χ4n) is 3.56. The third-order valence-electron chi connectivity index (χ3n) is 5.11. The Balaban J connectivity index is 1.69. The highest BCUT2D eigenvalue weighted by atomic mass is 15.2. The first-order valence-corrected chi connectivity index (χ1v) is 7.65. The van der Waals surface area contributed by atoms with E-state index in [0.29, 0.717) is 17.4 Å². The molecule has 0 spiro atoms. The Morgan fingerprint density at radius 3 is 2.50 bits per heavy atom. The number of nitrogens with zero attached hydrogens (tertiary/aromatic N) is 2. The van der Waals surface area contributed by atoms with Crippen molar-refractivity contribution in [3.63, 3.8) is 0 Å². The standard InChI is InChI=1S/C15H31N3/c1-15(2)7-6-13(14(15)16)12-17(3)10-11-18-8-4-5-9-18/h13-14H,4-12,16H2,1-3H3. The van der Waals surface area contributed by atoms with Gasteiger partial charge in [0.15, 0.2) is 0 Å². The molecule has 2 atom stereocenters. The molecule has 2 fully saturated rings. The van der Waals surface area contributed by atoms with Crippen LogP contribution in [0.2, 0.25) is 0 Å². The second kappa shape index (κ2) is 5.89. The van der Waals surface area contributed by atoms with E-state index in [9.17, 15) is 0 Å². The van der Waals surface area contributed by atoms with Crippen molar-refractivity contribution in [2.75, 3.05) is 39.8 Å². The van der Waals surface area contributed by atoms with Crippen LogP contribution >= 0.6 is 0 Å². The molecular formula is C15H31N3. The minimum atomic E-state index is 0.348. The molecule has 2 aliphatic rings. The Bertz CT molecular complexity index is 258. The van der Waals surface area contributed by atoms with Gasteiger partial charge in [0, 0.05) is 25.7 Å². The summed E-state index contributed by atoms with van der Waals surface area (Å²) >= 11 is 0. The summed E-state index contributed by atoms with van der Waals surface area (Å²) in [7, 11) is 2.26. The number of likely N-dealkylation sites (N-methyl/N-ethyl adjacent to an activating group) is 1. The van der Waals surface area contributed by atoms with Gasteiger partial charge in [-0.15, -0.1) is 0 Å². The van der Waals surface area contributed by atoms with Gasteiger partial charge in [-0.25, -0.2) is 0 Å². The van der Waals surface area contributed by atoms with Crippen LogP contribution in [0.25, 0.3) is 0 Å². The van der Waals surface area contributed by atoms with E-state index in [-0.39, 0.29) is 0 Å². The van der Waals surface area contributed by atoms with Crippen LogP contribution < -0.4 is 5.73 Å². The van der Waals surface area contributed by atoms with Crippen LogP contribution in [-0.4, -0.2) is 55.6 Å². The first-order valence-electron chi connectivity index (χ1n) is 7.65. The first-order chi connectivity index (χ1) is 8.49. The molecule has 1 aliphatic carbocycles. The van der Waals surface area contributed by atoms with Crippen molar-refractivity contribution in [1.82, 2.24) is 9.80 Å². The SMILES string of the molecule is CN(CCN1CCCC1)CC1CCC(C)(C)C1N. The Morgan fingerprint density at radius 2 is 1.94 bits per heavy atom. The molecule has 106 valence electrons. The molecule has 3 heteroatoms. The van der Waals surface area contributed by atoms with Crippen LogP contribution in [0.1, 0.15) is 39.5 Å². The quantitative estimate of drug-likeness (QED) is 0.810. The smallest absolute Gasteiger partial charge is 0.0131 e. The predicted octanol–water partition coefficient (Wildman–Crippen LogP) is 1.78. The Kier molecular flexibility index (Phi) is 4.68. The lowest BCUT2D eigenvalue weighted by Crippen LogP contribution is -2.42. The summed E-state index contributed by atoms with van der Waals surface area (Å²) in [5, 5.41) is 0. The van der Waals surface area contributed by atoms with Crippen molar-refractivity contribution >= 4 is 0 Å². The van der Waals surface area contributed by atoms with Crippen molar-refractivity contribution in [1.29, 1.82) is 0 Å². The number of hydrogen-bond donors (Lipinski definition) is 1. The van der Waals surface area contributed by atoms with Crippen LogP contribution in [0.15, 0.2) is 0 Å². The van der Waals surface area contributed by atoms with E-state index >= 15 is 0 Å². The molecule has 1 saturated carbocycles. The van der Waals surface area contributed by atoms with Crippen molar-refractivity contribution < 1.29 is 0 Å². The monoisotopic (exact) mass is 253 g/mol. The molecule has 1 saturated heterocycles. The molecule has 2 rings (SSSR count). The van der Waals surface area contributed by atoms with Crippen LogP contribution in [0.4, 0.5) is 0 Å². The minimum Gasteiger partial charge on any atom is -0.327 e. The summed E-state index contributed by atoms with van der Waals surface area (Å²) in [5.74, 6) is 0.698. The maximum Gasteiger partial charge on any atom is 0.0131 e. The molecule has 0 amide bonds. The summed E-state index contributed by atoms with van der Waals surface area (Å²) in [6, 6.07) is 0.381. The van der Waals surface area contributed by atoms with Crippen molar-refractivity contribution in [2.45, 2.75) is 45.6 Å². The van der Waals surface area contributed by atoms with Gasteiger partial charge in [-0.05, 0) is 57.2 Å². The zero-order valence-corrected chi connectivity index (χ0v) is 12.5. The highest BCUT2D eigenvalue weighted by molar-refractivity contribution is 4.94. The topological polar surface area (TPSA) is 32.5 Å². The summed E-state index contributed by atoms with van der Waals surface area (Å²) < 4.78 is 0. The van der Waals surface area contributed by atoms with E-state index < -0.39 is 0 Å². The first kappa shape index (κ1) is 14.3. The average Bonchev–Trinajstić information content (AvgIpc) is 2.91.